The van der Waals surface area contributed by atoms with Crippen LogP contribution in [0.25, 0.3) is 0 Å². The fraction of sp³-hybridized carbons (Fsp3) is 0.400. The molecule has 1 unspecified atom stereocenters. The Morgan fingerprint density at radius 3 is 2.47 bits per heavy atom. The van der Waals surface area contributed by atoms with Crippen LogP contribution in [0.5, 0.6) is 5.75 Å². The average molecular weight is 230 g/mol. The maximum atomic E-state index is 11.0. The molecule has 0 aliphatic carbocycles. The minimum absolute atomic E-state index is 0.469. The first-order valence-electron chi connectivity index (χ1n) is 4.83. The summed E-state index contributed by atoms with van der Waals surface area (Å²) in [5.74, 6) is 0.489. The van der Waals surface area contributed by atoms with E-state index in [4.69, 9.17) is 15.6 Å². The first-order valence-corrected chi connectivity index (χ1v) is 6.05. The molecule has 86 valence electrons. The molecule has 0 aromatic heterocycles. The van der Waals surface area contributed by atoms with Gasteiger partial charge in [-0.3, -0.25) is 0 Å². The number of hydrogen-bond donors (Lipinski definition) is 2. The largest absolute Gasteiger partial charge is 0.492 e. The molecule has 0 amide bonds. The maximum absolute atomic E-state index is 11.0. The Morgan fingerprint density at radius 2 is 2.00 bits per heavy atom. The summed E-state index contributed by atoms with van der Waals surface area (Å²) in [6.45, 7) is 6.33. The van der Waals surface area contributed by atoms with Crippen LogP contribution in [0.1, 0.15) is 20.8 Å². The Labute approximate surface area is 93.2 Å². The summed E-state index contributed by atoms with van der Waals surface area (Å²) >= 11 is 0. The van der Waals surface area contributed by atoms with E-state index in [0.29, 0.717) is 22.9 Å². The van der Waals surface area contributed by atoms with E-state index >= 15 is 0 Å². The highest BCUT2D eigenvalue weighted by atomic mass is 32.2. The number of nitrogens with two attached hydrogens (primary N) is 2. The molecule has 5 heteroatoms. The van der Waals surface area contributed by atoms with Gasteiger partial charge in [0.2, 0.25) is 0 Å². The second kappa shape index (κ2) is 7.25. The number of ether oxygens (including phenoxy) is 1. The molecule has 0 radical (unpaired) electrons. The topological polar surface area (TPSA) is 78.3 Å². The quantitative estimate of drug-likeness (QED) is 0.775. The highest BCUT2D eigenvalue weighted by Crippen LogP contribution is 2.23. The van der Waals surface area contributed by atoms with Gasteiger partial charge in [-0.2, -0.15) is 0 Å². The van der Waals surface area contributed by atoms with Crippen molar-refractivity contribution >= 4 is 16.7 Å². The highest BCUT2D eigenvalue weighted by Gasteiger charge is 2.07. The van der Waals surface area contributed by atoms with Crippen LogP contribution in [0, 0.1) is 0 Å². The molecule has 0 heterocycles. The van der Waals surface area contributed by atoms with Gasteiger partial charge in [-0.15, -0.1) is 0 Å². The summed E-state index contributed by atoms with van der Waals surface area (Å²) in [4.78, 5) is 0.469. The van der Waals surface area contributed by atoms with Gasteiger partial charge in [0.1, 0.15) is 16.7 Å². The van der Waals surface area contributed by atoms with Gasteiger partial charge in [-0.1, -0.05) is 13.8 Å². The van der Waals surface area contributed by atoms with Crippen LogP contribution in [0.15, 0.2) is 23.1 Å². The summed E-state index contributed by atoms with van der Waals surface area (Å²) in [5, 5.41) is 5.25. The zero-order valence-corrected chi connectivity index (χ0v) is 10.1. The van der Waals surface area contributed by atoms with Crippen LogP contribution >= 0.6 is 0 Å². The molecule has 0 aliphatic heterocycles. The van der Waals surface area contributed by atoms with Crippen molar-refractivity contribution < 1.29 is 8.95 Å². The zero-order chi connectivity index (χ0) is 11.8. The van der Waals surface area contributed by atoms with E-state index in [1.165, 1.54) is 0 Å². The molecule has 0 spiro atoms. The van der Waals surface area contributed by atoms with Gasteiger partial charge in [0.05, 0.1) is 11.5 Å². The third kappa shape index (κ3) is 4.31. The van der Waals surface area contributed by atoms with E-state index in [1.54, 1.807) is 18.2 Å². The number of nitrogen functional groups attached to an aromatic ring is 1. The van der Waals surface area contributed by atoms with Crippen LogP contribution in [0.3, 0.4) is 0 Å². The van der Waals surface area contributed by atoms with Gasteiger partial charge < -0.3 is 10.5 Å². The fourth-order valence-electron chi connectivity index (χ4n) is 0.959. The molecule has 1 aromatic carbocycles. The molecule has 0 saturated heterocycles. The van der Waals surface area contributed by atoms with Gasteiger partial charge in [0, 0.05) is 11.8 Å². The van der Waals surface area contributed by atoms with Gasteiger partial charge in [0.15, 0.2) is 0 Å². The van der Waals surface area contributed by atoms with Crippen molar-refractivity contribution in [1.82, 2.24) is 0 Å². The summed E-state index contributed by atoms with van der Waals surface area (Å²) < 4.78 is 16.2. The molecule has 0 aliphatic rings. The Hall–Kier alpha value is -1.07. The average Bonchev–Trinajstić information content (AvgIpc) is 2.21. The standard InChI is InChI=1S/C8H12N2O2S.C2H6/c1-2-12-7-5-6(9)3-4-8(7)13(10)11;1-2/h3-5H,2,9-10H2,1H3;1-2H3. The van der Waals surface area contributed by atoms with Crippen molar-refractivity contribution in [3.8, 4) is 5.75 Å². The van der Waals surface area contributed by atoms with E-state index in [0.717, 1.165) is 0 Å². The SMILES string of the molecule is CC.CCOc1cc(N)ccc1S(N)=O. The highest BCUT2D eigenvalue weighted by molar-refractivity contribution is 7.82. The molecule has 0 bridgehead atoms. The van der Waals surface area contributed by atoms with Crippen molar-refractivity contribution in [2.45, 2.75) is 25.7 Å². The number of rotatable bonds is 3. The number of benzene rings is 1. The summed E-state index contributed by atoms with van der Waals surface area (Å²) in [7, 11) is -1.53. The predicted molar refractivity (Wildman–Crippen MR) is 64.0 cm³/mol. The van der Waals surface area contributed by atoms with E-state index in [1.807, 2.05) is 20.8 Å². The second-order valence-electron chi connectivity index (χ2n) is 2.44. The van der Waals surface area contributed by atoms with Crippen LogP contribution in [0.4, 0.5) is 5.69 Å². The van der Waals surface area contributed by atoms with Crippen molar-refractivity contribution in [2.24, 2.45) is 5.14 Å². The monoisotopic (exact) mass is 230 g/mol. The van der Waals surface area contributed by atoms with Crippen molar-refractivity contribution in [2.75, 3.05) is 12.3 Å². The molecule has 0 fully saturated rings. The first-order chi connectivity index (χ1) is 7.15. The summed E-state index contributed by atoms with van der Waals surface area (Å²) in [6.07, 6.45) is 0. The summed E-state index contributed by atoms with van der Waals surface area (Å²) in [5.41, 5.74) is 6.11. The minimum Gasteiger partial charge on any atom is -0.492 e. The molecular formula is C10H18N2O2S. The first kappa shape index (κ1) is 13.9. The van der Waals surface area contributed by atoms with Crippen molar-refractivity contribution in [3.05, 3.63) is 18.2 Å². The molecule has 1 rings (SSSR count). The van der Waals surface area contributed by atoms with E-state index in [9.17, 15) is 4.21 Å². The van der Waals surface area contributed by atoms with Gasteiger partial charge >= 0.3 is 0 Å². The molecule has 4 nitrogen and oxygen atoms in total. The van der Waals surface area contributed by atoms with Crippen LogP contribution < -0.4 is 15.6 Å². The maximum Gasteiger partial charge on any atom is 0.138 e. The molecule has 15 heavy (non-hydrogen) atoms. The molecular weight excluding hydrogens is 212 g/mol. The molecule has 1 atom stereocenters. The zero-order valence-electron chi connectivity index (χ0n) is 9.32. The van der Waals surface area contributed by atoms with Crippen LogP contribution in [0.2, 0.25) is 0 Å². The Morgan fingerprint density at radius 1 is 1.40 bits per heavy atom. The molecule has 0 saturated carbocycles. The van der Waals surface area contributed by atoms with Gasteiger partial charge in [-0.25, -0.2) is 9.35 Å². The lowest BCUT2D eigenvalue weighted by Gasteiger charge is -2.07. The lowest BCUT2D eigenvalue weighted by atomic mass is 10.3. The van der Waals surface area contributed by atoms with Crippen LogP contribution in [-0.4, -0.2) is 10.8 Å². The Bertz CT molecular complexity index is 329. The van der Waals surface area contributed by atoms with E-state index < -0.39 is 11.0 Å². The summed E-state index contributed by atoms with van der Waals surface area (Å²) in [6, 6.07) is 4.86. The normalized spacial score (nSPS) is 11.2. The lowest BCUT2D eigenvalue weighted by molar-refractivity contribution is 0.332. The van der Waals surface area contributed by atoms with Gasteiger partial charge in [-0.05, 0) is 19.1 Å². The van der Waals surface area contributed by atoms with E-state index in [2.05, 4.69) is 0 Å². The Balaban J connectivity index is 0.000000921. The molecule has 1 aromatic rings. The smallest absolute Gasteiger partial charge is 0.138 e. The van der Waals surface area contributed by atoms with Crippen LogP contribution in [-0.2, 0) is 11.0 Å². The van der Waals surface area contributed by atoms with Crippen molar-refractivity contribution in [1.29, 1.82) is 0 Å². The third-order valence-corrected chi connectivity index (χ3v) is 2.26. The third-order valence-electron chi connectivity index (χ3n) is 1.48. The lowest BCUT2D eigenvalue weighted by Crippen LogP contribution is -2.06. The van der Waals surface area contributed by atoms with Crippen molar-refractivity contribution in [3.63, 3.8) is 0 Å². The predicted octanol–water partition coefficient (Wildman–Crippen LogP) is 1.68. The minimum atomic E-state index is -1.53. The second-order valence-corrected chi connectivity index (χ2v) is 3.47. The van der Waals surface area contributed by atoms with E-state index in [-0.39, 0.29) is 0 Å². The number of anilines is 1. The molecule has 4 N–H and O–H groups in total. The van der Waals surface area contributed by atoms with Gasteiger partial charge in [0.25, 0.3) is 0 Å². The fourth-order valence-corrected chi connectivity index (χ4v) is 1.48. The Kier molecular flexibility index (Phi) is 6.73. The number of hydrogen-bond acceptors (Lipinski definition) is 3.